The molecule has 1 fully saturated rings. The second kappa shape index (κ2) is 9.72. The lowest BCUT2D eigenvalue weighted by atomic mass is 9.97. The van der Waals surface area contributed by atoms with Crippen LogP contribution in [0.3, 0.4) is 0 Å². The van der Waals surface area contributed by atoms with Crippen molar-refractivity contribution in [2.45, 2.75) is 39.5 Å². The van der Waals surface area contributed by atoms with Crippen molar-refractivity contribution in [1.29, 1.82) is 5.26 Å². The first-order valence-corrected chi connectivity index (χ1v) is 11.9. The van der Waals surface area contributed by atoms with Gasteiger partial charge in [-0.2, -0.15) is 10.4 Å². The molecule has 4 rings (SSSR count). The number of carbonyl (C=O) groups is 1. The lowest BCUT2D eigenvalue weighted by molar-refractivity contribution is 0.0520. The van der Waals surface area contributed by atoms with Crippen molar-refractivity contribution in [1.82, 2.24) is 14.8 Å². The van der Waals surface area contributed by atoms with Crippen LogP contribution in [0.2, 0.25) is 0 Å². The number of benzene rings is 1. The lowest BCUT2D eigenvalue weighted by Crippen LogP contribution is -2.33. The number of rotatable bonds is 6. The first kappa shape index (κ1) is 23.6. The number of carbonyl (C=O) groups excluding carboxylic acids is 1. The van der Waals surface area contributed by atoms with E-state index in [-0.39, 0.29) is 24.1 Å². The largest absolute Gasteiger partial charge is 0.461 e. The summed E-state index contributed by atoms with van der Waals surface area (Å²) in [5.74, 6) is -0.218. The number of anilines is 2. The summed E-state index contributed by atoms with van der Waals surface area (Å²) < 4.78 is 7.14. The molecule has 0 bridgehead atoms. The minimum absolute atomic E-state index is 0.0687. The summed E-state index contributed by atoms with van der Waals surface area (Å²) in [6, 6.07) is 12.3. The summed E-state index contributed by atoms with van der Waals surface area (Å²) in [5.41, 5.74) is 4.71. The summed E-state index contributed by atoms with van der Waals surface area (Å²) in [7, 11) is 4.00. The fourth-order valence-electron chi connectivity index (χ4n) is 4.42. The normalized spacial score (nSPS) is 14.4. The van der Waals surface area contributed by atoms with Crippen LogP contribution in [0.1, 0.15) is 55.7 Å². The zero-order valence-electron chi connectivity index (χ0n) is 20.6. The number of pyridine rings is 1. The van der Waals surface area contributed by atoms with Gasteiger partial charge in [-0.3, -0.25) is 0 Å². The number of esters is 1. The SMILES string of the molecule is CCOC(=O)c1cc(N2CCC(C#N)CC2)c2c(C(C)C)nn(-c3cccc(N(C)C)c3)c2n1. The van der Waals surface area contributed by atoms with Crippen LogP contribution in [0.4, 0.5) is 11.4 Å². The van der Waals surface area contributed by atoms with E-state index in [4.69, 9.17) is 14.8 Å². The molecule has 0 N–H and O–H groups in total. The van der Waals surface area contributed by atoms with Crippen LogP contribution >= 0.6 is 0 Å². The number of hydrogen-bond donors (Lipinski definition) is 0. The summed E-state index contributed by atoms with van der Waals surface area (Å²) in [6.45, 7) is 7.80. The Bertz CT molecular complexity index is 1230. The highest BCUT2D eigenvalue weighted by Crippen LogP contribution is 2.37. The van der Waals surface area contributed by atoms with E-state index in [0.29, 0.717) is 5.65 Å². The van der Waals surface area contributed by atoms with Gasteiger partial charge in [0.1, 0.15) is 0 Å². The molecule has 0 radical (unpaired) electrons. The van der Waals surface area contributed by atoms with Crippen LogP contribution in [-0.2, 0) is 4.74 Å². The van der Waals surface area contributed by atoms with E-state index in [1.165, 1.54) is 0 Å². The fourth-order valence-corrected chi connectivity index (χ4v) is 4.42. The topological polar surface area (TPSA) is 87.3 Å². The van der Waals surface area contributed by atoms with E-state index in [1.807, 2.05) is 47.9 Å². The molecule has 3 heterocycles. The van der Waals surface area contributed by atoms with E-state index >= 15 is 0 Å². The van der Waals surface area contributed by atoms with Gasteiger partial charge in [-0.25, -0.2) is 14.5 Å². The minimum Gasteiger partial charge on any atom is -0.461 e. The summed E-state index contributed by atoms with van der Waals surface area (Å²) in [4.78, 5) is 21.8. The van der Waals surface area contributed by atoms with Gasteiger partial charge >= 0.3 is 5.97 Å². The Morgan fingerprint density at radius 1 is 1.26 bits per heavy atom. The van der Waals surface area contributed by atoms with Crippen molar-refractivity contribution in [3.8, 4) is 11.8 Å². The zero-order chi connectivity index (χ0) is 24.4. The van der Waals surface area contributed by atoms with Gasteiger partial charge in [-0.05, 0) is 49.9 Å². The molecule has 0 unspecified atom stereocenters. The van der Waals surface area contributed by atoms with Crippen LogP contribution < -0.4 is 9.80 Å². The molecule has 1 saturated heterocycles. The molecular formula is C26H32N6O2. The molecule has 0 atom stereocenters. The van der Waals surface area contributed by atoms with Crippen molar-refractivity contribution in [2.24, 2.45) is 5.92 Å². The summed E-state index contributed by atoms with van der Waals surface area (Å²) in [6.07, 6.45) is 1.59. The van der Waals surface area contributed by atoms with Crippen molar-refractivity contribution in [3.63, 3.8) is 0 Å². The van der Waals surface area contributed by atoms with Gasteiger partial charge in [0.05, 0.1) is 35.1 Å². The Morgan fingerprint density at radius 2 is 2.00 bits per heavy atom. The third-order valence-electron chi connectivity index (χ3n) is 6.28. The molecule has 0 spiro atoms. The van der Waals surface area contributed by atoms with Gasteiger partial charge in [0.15, 0.2) is 11.3 Å². The van der Waals surface area contributed by atoms with Crippen LogP contribution in [0.25, 0.3) is 16.7 Å². The van der Waals surface area contributed by atoms with E-state index in [9.17, 15) is 10.1 Å². The fraction of sp³-hybridized carbons (Fsp3) is 0.462. The quantitative estimate of drug-likeness (QED) is 0.500. The molecule has 0 saturated carbocycles. The predicted octanol–water partition coefficient (Wildman–Crippen LogP) is 4.53. The van der Waals surface area contributed by atoms with Crippen LogP contribution in [-0.4, -0.2) is 54.5 Å². The maximum atomic E-state index is 12.8. The Balaban J connectivity index is 1.96. The van der Waals surface area contributed by atoms with Crippen LogP contribution in [0.15, 0.2) is 30.3 Å². The second-order valence-corrected chi connectivity index (χ2v) is 9.20. The van der Waals surface area contributed by atoms with Gasteiger partial charge in [0.25, 0.3) is 0 Å². The maximum Gasteiger partial charge on any atom is 0.357 e. The number of nitriles is 1. The molecule has 8 heteroatoms. The molecule has 8 nitrogen and oxygen atoms in total. The average Bonchev–Trinajstić information content (AvgIpc) is 3.24. The van der Waals surface area contributed by atoms with Crippen molar-refractivity contribution in [3.05, 3.63) is 41.7 Å². The molecule has 1 aliphatic rings. The summed E-state index contributed by atoms with van der Waals surface area (Å²) >= 11 is 0. The predicted molar refractivity (Wildman–Crippen MR) is 134 cm³/mol. The number of fused-ring (bicyclic) bond motifs is 1. The van der Waals surface area contributed by atoms with E-state index in [2.05, 4.69) is 30.9 Å². The molecule has 1 aromatic carbocycles. The second-order valence-electron chi connectivity index (χ2n) is 9.20. The monoisotopic (exact) mass is 460 g/mol. The third kappa shape index (κ3) is 4.43. The lowest BCUT2D eigenvalue weighted by Gasteiger charge is -2.32. The molecule has 178 valence electrons. The molecular weight excluding hydrogens is 428 g/mol. The van der Waals surface area contributed by atoms with Crippen LogP contribution in [0, 0.1) is 17.2 Å². The maximum absolute atomic E-state index is 12.8. The molecule has 0 aliphatic carbocycles. The van der Waals surface area contributed by atoms with Crippen LogP contribution in [0.5, 0.6) is 0 Å². The van der Waals surface area contributed by atoms with Gasteiger partial charge < -0.3 is 14.5 Å². The molecule has 2 aromatic heterocycles. The van der Waals surface area contributed by atoms with Crippen molar-refractivity contribution >= 4 is 28.4 Å². The van der Waals surface area contributed by atoms with Gasteiger partial charge in [0, 0.05) is 38.8 Å². The first-order valence-electron chi connectivity index (χ1n) is 11.9. The third-order valence-corrected chi connectivity index (χ3v) is 6.28. The number of ether oxygens (including phenoxy) is 1. The first-order chi connectivity index (χ1) is 16.3. The Morgan fingerprint density at radius 3 is 2.62 bits per heavy atom. The molecule has 3 aromatic rings. The van der Waals surface area contributed by atoms with Gasteiger partial charge in [-0.1, -0.05) is 19.9 Å². The van der Waals surface area contributed by atoms with E-state index in [0.717, 1.165) is 54.1 Å². The van der Waals surface area contributed by atoms with E-state index < -0.39 is 5.97 Å². The number of aromatic nitrogens is 3. The minimum atomic E-state index is -0.446. The Kier molecular flexibility index (Phi) is 6.73. The Labute approximate surface area is 200 Å². The zero-order valence-corrected chi connectivity index (χ0v) is 20.6. The Hall–Kier alpha value is -3.60. The summed E-state index contributed by atoms with van der Waals surface area (Å²) in [5, 5.41) is 15.3. The average molecular weight is 461 g/mol. The smallest absolute Gasteiger partial charge is 0.357 e. The van der Waals surface area contributed by atoms with Crippen molar-refractivity contribution in [2.75, 3.05) is 43.6 Å². The molecule has 34 heavy (non-hydrogen) atoms. The highest BCUT2D eigenvalue weighted by Gasteiger charge is 2.27. The number of piperidine rings is 1. The highest BCUT2D eigenvalue weighted by molar-refractivity contribution is 5.99. The standard InChI is InChI=1S/C26H32N6O2/c1-6-34-26(33)21-15-22(31-12-10-18(16-27)11-13-31)23-24(17(2)3)29-32(25(23)28-21)20-9-7-8-19(14-20)30(4)5/h7-9,14-15,17-18H,6,10-13H2,1-5H3. The highest BCUT2D eigenvalue weighted by atomic mass is 16.5. The van der Waals surface area contributed by atoms with Gasteiger partial charge in [-0.15, -0.1) is 0 Å². The van der Waals surface area contributed by atoms with Crippen molar-refractivity contribution < 1.29 is 9.53 Å². The number of nitrogens with zero attached hydrogens (tertiary/aromatic N) is 6. The van der Waals surface area contributed by atoms with Gasteiger partial charge in [0.2, 0.25) is 0 Å². The van der Waals surface area contributed by atoms with E-state index in [1.54, 1.807) is 6.92 Å². The number of hydrogen-bond acceptors (Lipinski definition) is 7. The molecule has 1 aliphatic heterocycles. The molecule has 0 amide bonds.